The summed E-state index contributed by atoms with van der Waals surface area (Å²) in [5, 5.41) is 10.7. The van der Waals surface area contributed by atoms with Crippen LogP contribution in [0.3, 0.4) is 0 Å². The number of nitrogens with zero attached hydrogens (tertiary/aromatic N) is 2. The Labute approximate surface area is 158 Å². The molecule has 1 fully saturated rings. The fourth-order valence-electron chi connectivity index (χ4n) is 2.96. The van der Waals surface area contributed by atoms with E-state index in [4.69, 9.17) is 10.2 Å². The van der Waals surface area contributed by atoms with Gasteiger partial charge in [0.1, 0.15) is 0 Å². The number of thioether (sulfide) groups is 1. The second-order valence-corrected chi connectivity index (χ2v) is 7.57. The molecule has 1 heterocycles. The highest BCUT2D eigenvalue weighted by Gasteiger charge is 2.38. The van der Waals surface area contributed by atoms with E-state index < -0.39 is 11.6 Å². The van der Waals surface area contributed by atoms with Crippen LogP contribution in [-0.4, -0.2) is 39.7 Å². The summed E-state index contributed by atoms with van der Waals surface area (Å²) in [6.07, 6.45) is 6.56. The predicted molar refractivity (Wildman–Crippen MR) is 99.0 cm³/mol. The van der Waals surface area contributed by atoms with Gasteiger partial charge in [0.25, 0.3) is 11.1 Å². The predicted octanol–water partition coefficient (Wildman–Crippen LogP) is 2.59. The molecule has 0 spiro atoms. The van der Waals surface area contributed by atoms with E-state index in [1.165, 1.54) is 11.8 Å². The highest BCUT2D eigenvalue weighted by atomic mass is 35.5. The van der Waals surface area contributed by atoms with Crippen LogP contribution in [0.5, 0.6) is 0 Å². The summed E-state index contributed by atoms with van der Waals surface area (Å²) in [5.41, 5.74) is 5.39. The van der Waals surface area contributed by atoms with Gasteiger partial charge in [0.05, 0.1) is 11.6 Å². The van der Waals surface area contributed by atoms with E-state index in [-0.39, 0.29) is 35.9 Å². The number of hydrogen-bond acceptors (Lipinski definition) is 7. The van der Waals surface area contributed by atoms with Crippen LogP contribution in [0.2, 0.25) is 0 Å². The molecular formula is C16H27ClN4O3S. The van der Waals surface area contributed by atoms with Gasteiger partial charge in [-0.3, -0.25) is 9.59 Å². The second kappa shape index (κ2) is 9.54. The fraction of sp³-hybridized carbons (Fsp3) is 0.750. The first-order valence-electron chi connectivity index (χ1n) is 8.37. The number of rotatable bonds is 7. The summed E-state index contributed by atoms with van der Waals surface area (Å²) in [6, 6.07) is -0.699. The van der Waals surface area contributed by atoms with Crippen molar-refractivity contribution in [2.45, 2.75) is 69.2 Å². The van der Waals surface area contributed by atoms with E-state index in [1.807, 2.05) is 13.8 Å². The first-order chi connectivity index (χ1) is 11.4. The number of halogens is 1. The molecule has 0 radical (unpaired) electrons. The van der Waals surface area contributed by atoms with Crippen molar-refractivity contribution in [3.8, 4) is 0 Å². The standard InChI is InChI=1S/C16H26N4O3S.ClH/c1-10(2)9-11(12(21)13-19-20-15(23-13)24-3)18-14(22)16(17)7-5-4-6-8-16;/h10-11H,4-9,17H2,1-3H3,(H,18,22);1H/t11-;/m0./s1. The molecule has 1 aromatic rings. The van der Waals surface area contributed by atoms with Crippen molar-refractivity contribution in [3.05, 3.63) is 5.89 Å². The highest BCUT2D eigenvalue weighted by molar-refractivity contribution is 7.98. The highest BCUT2D eigenvalue weighted by Crippen LogP contribution is 2.26. The van der Waals surface area contributed by atoms with Crippen molar-refractivity contribution < 1.29 is 14.0 Å². The third kappa shape index (κ3) is 5.69. The largest absolute Gasteiger partial charge is 0.408 e. The Hall–Kier alpha value is -1.12. The maximum atomic E-state index is 12.7. The van der Waals surface area contributed by atoms with Crippen molar-refractivity contribution >= 4 is 35.9 Å². The lowest BCUT2D eigenvalue weighted by Crippen LogP contribution is -2.58. The first kappa shape index (κ1) is 21.9. The lowest BCUT2D eigenvalue weighted by atomic mass is 9.81. The molecule has 1 saturated carbocycles. The number of aromatic nitrogens is 2. The number of carbonyl (C=O) groups is 2. The van der Waals surface area contributed by atoms with Gasteiger partial charge < -0.3 is 15.5 Å². The third-order valence-corrected chi connectivity index (χ3v) is 4.83. The van der Waals surface area contributed by atoms with Crippen LogP contribution in [0.1, 0.15) is 63.1 Å². The summed E-state index contributed by atoms with van der Waals surface area (Å²) < 4.78 is 5.32. The number of amides is 1. The second-order valence-electron chi connectivity index (χ2n) is 6.81. The number of hydrogen-bond donors (Lipinski definition) is 2. The summed E-state index contributed by atoms with van der Waals surface area (Å²) >= 11 is 1.27. The van der Waals surface area contributed by atoms with Crippen LogP contribution >= 0.6 is 24.2 Å². The topological polar surface area (TPSA) is 111 Å². The third-order valence-electron chi connectivity index (χ3n) is 4.32. The van der Waals surface area contributed by atoms with Crippen LogP contribution < -0.4 is 11.1 Å². The number of nitrogens with two attached hydrogens (primary N) is 1. The van der Waals surface area contributed by atoms with Crippen molar-refractivity contribution in [3.63, 3.8) is 0 Å². The molecule has 0 bridgehead atoms. The Morgan fingerprint density at radius 2 is 1.92 bits per heavy atom. The van der Waals surface area contributed by atoms with Gasteiger partial charge in [0.2, 0.25) is 11.7 Å². The van der Waals surface area contributed by atoms with Gasteiger partial charge >= 0.3 is 0 Å². The lowest BCUT2D eigenvalue weighted by Gasteiger charge is -2.33. The van der Waals surface area contributed by atoms with Crippen molar-refractivity contribution in [2.75, 3.05) is 6.26 Å². The molecule has 142 valence electrons. The number of carbonyl (C=O) groups excluding carboxylic acids is 2. The molecule has 0 aromatic carbocycles. The zero-order chi connectivity index (χ0) is 17.7. The molecule has 0 unspecified atom stereocenters. The number of nitrogens with one attached hydrogen (secondary N) is 1. The molecular weight excluding hydrogens is 364 g/mol. The molecule has 0 aliphatic heterocycles. The Morgan fingerprint density at radius 1 is 1.28 bits per heavy atom. The number of ketones is 1. The van der Waals surface area contributed by atoms with Crippen LogP contribution in [0, 0.1) is 5.92 Å². The quantitative estimate of drug-likeness (QED) is 0.543. The molecule has 1 aliphatic rings. The van der Waals surface area contributed by atoms with Crippen LogP contribution in [0.25, 0.3) is 0 Å². The Kier molecular flexibility index (Phi) is 8.37. The Balaban J connectivity index is 0.00000312. The van der Waals surface area contributed by atoms with E-state index in [0.29, 0.717) is 24.5 Å². The maximum absolute atomic E-state index is 12.7. The molecule has 1 aliphatic carbocycles. The molecule has 25 heavy (non-hydrogen) atoms. The lowest BCUT2D eigenvalue weighted by molar-refractivity contribution is -0.128. The number of Topliss-reactive ketones (excluding diaryl/α,β-unsaturated/α-hetero) is 1. The van der Waals surface area contributed by atoms with E-state index in [1.54, 1.807) is 6.26 Å². The molecule has 1 aromatic heterocycles. The zero-order valence-electron chi connectivity index (χ0n) is 14.9. The minimum Gasteiger partial charge on any atom is -0.408 e. The van der Waals surface area contributed by atoms with E-state index >= 15 is 0 Å². The van der Waals surface area contributed by atoms with Gasteiger partial charge in [-0.05, 0) is 31.4 Å². The smallest absolute Gasteiger partial charge is 0.286 e. The average molecular weight is 391 g/mol. The maximum Gasteiger partial charge on any atom is 0.286 e. The minimum absolute atomic E-state index is 0. The molecule has 9 heteroatoms. The van der Waals surface area contributed by atoms with Crippen molar-refractivity contribution in [1.29, 1.82) is 0 Å². The first-order valence-corrected chi connectivity index (χ1v) is 9.60. The van der Waals surface area contributed by atoms with Gasteiger partial charge in [-0.25, -0.2) is 0 Å². The van der Waals surface area contributed by atoms with Crippen LogP contribution in [-0.2, 0) is 4.79 Å². The summed E-state index contributed by atoms with van der Waals surface area (Å²) in [7, 11) is 0. The monoisotopic (exact) mass is 390 g/mol. The molecule has 3 N–H and O–H groups in total. The molecule has 1 amide bonds. The SMILES string of the molecule is CSc1nnc(C(=O)[C@H](CC(C)C)NC(=O)C2(N)CCCCC2)o1.Cl. The van der Waals surface area contributed by atoms with Gasteiger partial charge in [0.15, 0.2) is 0 Å². The zero-order valence-corrected chi connectivity index (χ0v) is 16.5. The van der Waals surface area contributed by atoms with Crippen LogP contribution in [0.15, 0.2) is 9.64 Å². The Morgan fingerprint density at radius 3 is 2.44 bits per heavy atom. The molecule has 2 rings (SSSR count). The average Bonchev–Trinajstić information content (AvgIpc) is 3.02. The minimum atomic E-state index is -0.882. The van der Waals surface area contributed by atoms with Crippen molar-refractivity contribution in [2.24, 2.45) is 11.7 Å². The van der Waals surface area contributed by atoms with E-state index in [0.717, 1.165) is 19.3 Å². The molecule has 7 nitrogen and oxygen atoms in total. The Bertz CT molecular complexity index is 588. The summed E-state index contributed by atoms with van der Waals surface area (Å²) in [5.74, 6) is -0.461. The van der Waals surface area contributed by atoms with Gasteiger partial charge in [0, 0.05) is 0 Å². The normalized spacial score (nSPS) is 17.6. The van der Waals surface area contributed by atoms with E-state index in [2.05, 4.69) is 15.5 Å². The van der Waals surface area contributed by atoms with Gasteiger partial charge in [-0.15, -0.1) is 22.6 Å². The fourth-order valence-corrected chi connectivity index (χ4v) is 3.24. The van der Waals surface area contributed by atoms with Gasteiger partial charge in [-0.2, -0.15) is 0 Å². The molecule has 0 saturated heterocycles. The van der Waals surface area contributed by atoms with E-state index in [9.17, 15) is 9.59 Å². The summed E-state index contributed by atoms with van der Waals surface area (Å²) in [4.78, 5) is 25.3. The molecule has 1 atom stereocenters. The van der Waals surface area contributed by atoms with Crippen LogP contribution in [0.4, 0.5) is 0 Å². The van der Waals surface area contributed by atoms with Crippen molar-refractivity contribution in [1.82, 2.24) is 15.5 Å². The van der Waals surface area contributed by atoms with Gasteiger partial charge in [-0.1, -0.05) is 44.9 Å². The summed E-state index contributed by atoms with van der Waals surface area (Å²) in [6.45, 7) is 3.98.